The molecule has 0 saturated carbocycles. The quantitative estimate of drug-likeness (QED) is 0.767. The predicted molar refractivity (Wildman–Crippen MR) is 96.9 cm³/mol. The Labute approximate surface area is 156 Å². The largest absolute Gasteiger partial charge is 0.350 e. The highest BCUT2D eigenvalue weighted by molar-refractivity contribution is 6.09. The van der Waals surface area contributed by atoms with E-state index in [-0.39, 0.29) is 13.0 Å². The first-order valence-electron chi connectivity index (χ1n) is 8.67. The van der Waals surface area contributed by atoms with E-state index in [9.17, 15) is 18.8 Å². The van der Waals surface area contributed by atoms with Gasteiger partial charge in [-0.05, 0) is 29.7 Å². The average molecular weight is 369 g/mol. The van der Waals surface area contributed by atoms with E-state index in [4.69, 9.17) is 0 Å². The molecule has 0 unspecified atom stereocenters. The van der Waals surface area contributed by atoms with Gasteiger partial charge in [-0.3, -0.25) is 14.5 Å². The van der Waals surface area contributed by atoms with Gasteiger partial charge in [0, 0.05) is 6.54 Å². The number of urea groups is 1. The fraction of sp³-hybridized carbons (Fsp3) is 0.250. The molecule has 4 amide bonds. The maximum absolute atomic E-state index is 13.2. The number of nitrogens with one attached hydrogen (secondary N) is 2. The molecule has 0 aliphatic carbocycles. The zero-order valence-corrected chi connectivity index (χ0v) is 14.9. The molecule has 1 fully saturated rings. The molecule has 0 radical (unpaired) electrons. The minimum absolute atomic E-state index is 0.283. The topological polar surface area (TPSA) is 78.5 Å². The van der Waals surface area contributed by atoms with E-state index in [1.54, 1.807) is 6.92 Å². The Balaban J connectivity index is 1.71. The molecule has 140 valence electrons. The number of amides is 4. The number of halogens is 1. The minimum atomic E-state index is -1.29. The van der Waals surface area contributed by atoms with E-state index in [0.29, 0.717) is 12.1 Å². The van der Waals surface area contributed by atoms with Crippen LogP contribution in [0.5, 0.6) is 0 Å². The number of benzene rings is 2. The highest BCUT2D eigenvalue weighted by Gasteiger charge is 2.51. The van der Waals surface area contributed by atoms with Gasteiger partial charge >= 0.3 is 6.03 Å². The summed E-state index contributed by atoms with van der Waals surface area (Å²) in [5, 5.41) is 5.36. The zero-order chi connectivity index (χ0) is 19.4. The second-order valence-corrected chi connectivity index (χ2v) is 6.35. The van der Waals surface area contributed by atoms with Gasteiger partial charge in [-0.2, -0.15) is 0 Å². The summed E-state index contributed by atoms with van der Waals surface area (Å²) in [4.78, 5) is 38.4. The number of hydrogen-bond donors (Lipinski definition) is 2. The van der Waals surface area contributed by atoms with E-state index in [1.807, 2.05) is 30.3 Å². The summed E-state index contributed by atoms with van der Waals surface area (Å²) in [5.41, 5.74) is 0.110. The third kappa shape index (κ3) is 3.67. The van der Waals surface area contributed by atoms with Crippen molar-refractivity contribution in [3.8, 4) is 0 Å². The third-order valence-corrected chi connectivity index (χ3v) is 4.68. The Morgan fingerprint density at radius 2 is 1.78 bits per heavy atom. The maximum Gasteiger partial charge on any atom is 0.325 e. The summed E-state index contributed by atoms with van der Waals surface area (Å²) in [6.45, 7) is 1.68. The summed E-state index contributed by atoms with van der Waals surface area (Å²) < 4.78 is 13.2. The first-order valence-corrected chi connectivity index (χ1v) is 8.67. The Hall–Kier alpha value is -3.22. The lowest BCUT2D eigenvalue weighted by atomic mass is 9.87. The van der Waals surface area contributed by atoms with Gasteiger partial charge in [-0.15, -0.1) is 0 Å². The molecular formula is C20H20FN3O3. The third-order valence-electron chi connectivity index (χ3n) is 4.68. The number of carbonyl (C=O) groups is 3. The molecule has 1 aliphatic rings. The van der Waals surface area contributed by atoms with Crippen LogP contribution in [0.15, 0.2) is 54.6 Å². The van der Waals surface area contributed by atoms with Crippen molar-refractivity contribution in [2.24, 2.45) is 0 Å². The summed E-state index contributed by atoms with van der Waals surface area (Å²) in [7, 11) is 0. The van der Waals surface area contributed by atoms with Gasteiger partial charge in [0.15, 0.2) is 0 Å². The molecule has 2 N–H and O–H groups in total. The van der Waals surface area contributed by atoms with Crippen LogP contribution in [0.2, 0.25) is 0 Å². The van der Waals surface area contributed by atoms with E-state index in [0.717, 1.165) is 10.5 Å². The highest BCUT2D eigenvalue weighted by atomic mass is 19.1. The fourth-order valence-electron chi connectivity index (χ4n) is 3.14. The van der Waals surface area contributed by atoms with Crippen LogP contribution in [0.4, 0.5) is 9.18 Å². The number of nitrogens with zero attached hydrogens (tertiary/aromatic N) is 1. The van der Waals surface area contributed by atoms with Crippen molar-refractivity contribution in [1.29, 1.82) is 0 Å². The number of rotatable bonds is 6. The molecule has 1 heterocycles. The molecule has 0 bridgehead atoms. The van der Waals surface area contributed by atoms with E-state index < -0.39 is 29.2 Å². The molecule has 1 aliphatic heterocycles. The van der Waals surface area contributed by atoms with Crippen molar-refractivity contribution in [3.05, 3.63) is 71.5 Å². The van der Waals surface area contributed by atoms with Gasteiger partial charge in [0.25, 0.3) is 5.91 Å². The molecule has 6 nitrogen and oxygen atoms in total. The normalized spacial score (nSPS) is 19.1. The summed E-state index contributed by atoms with van der Waals surface area (Å²) in [6.07, 6.45) is 0.283. The van der Waals surface area contributed by atoms with Crippen LogP contribution in [0, 0.1) is 5.82 Å². The van der Waals surface area contributed by atoms with E-state index >= 15 is 0 Å². The Morgan fingerprint density at radius 1 is 1.11 bits per heavy atom. The van der Waals surface area contributed by atoms with Gasteiger partial charge in [0.1, 0.15) is 17.9 Å². The molecule has 1 atom stereocenters. The Bertz CT molecular complexity index is 855. The van der Waals surface area contributed by atoms with Crippen molar-refractivity contribution in [3.63, 3.8) is 0 Å². The van der Waals surface area contributed by atoms with Crippen molar-refractivity contribution < 1.29 is 18.8 Å². The molecule has 2 aromatic rings. The molecule has 0 aromatic heterocycles. The molecule has 1 saturated heterocycles. The molecule has 2 aromatic carbocycles. The second kappa shape index (κ2) is 7.57. The average Bonchev–Trinajstić information content (AvgIpc) is 2.93. The fourth-order valence-corrected chi connectivity index (χ4v) is 3.14. The second-order valence-electron chi connectivity index (χ2n) is 6.35. The highest BCUT2D eigenvalue weighted by Crippen LogP contribution is 2.32. The van der Waals surface area contributed by atoms with Gasteiger partial charge in [0.2, 0.25) is 5.91 Å². The molecule has 0 spiro atoms. The Kier molecular flexibility index (Phi) is 5.21. The lowest BCUT2D eigenvalue weighted by molar-refractivity contribution is -0.135. The maximum atomic E-state index is 13.2. The SMILES string of the molecule is CC[C@@]1(c2ccc(F)cc2)NC(=O)N(CC(=O)NCc2ccccc2)C1=O. The van der Waals surface area contributed by atoms with Crippen LogP contribution in [0.3, 0.4) is 0 Å². The van der Waals surface area contributed by atoms with Crippen LogP contribution >= 0.6 is 0 Å². The van der Waals surface area contributed by atoms with Crippen LogP contribution in [0.25, 0.3) is 0 Å². The first-order chi connectivity index (χ1) is 13.0. The number of hydrogen-bond acceptors (Lipinski definition) is 3. The molecule has 27 heavy (non-hydrogen) atoms. The van der Waals surface area contributed by atoms with Crippen molar-refractivity contribution in [1.82, 2.24) is 15.5 Å². The summed E-state index contributed by atoms with van der Waals surface area (Å²) in [6, 6.07) is 14.1. The molecule has 7 heteroatoms. The van der Waals surface area contributed by atoms with E-state index in [1.165, 1.54) is 24.3 Å². The number of carbonyl (C=O) groups excluding carboxylic acids is 3. The lowest BCUT2D eigenvalue weighted by Crippen LogP contribution is -2.44. The first kappa shape index (κ1) is 18.6. The Morgan fingerprint density at radius 3 is 2.41 bits per heavy atom. The van der Waals surface area contributed by atoms with Crippen LogP contribution < -0.4 is 10.6 Å². The summed E-state index contributed by atoms with van der Waals surface area (Å²) in [5.74, 6) is -1.39. The van der Waals surface area contributed by atoms with Crippen LogP contribution in [-0.2, 0) is 21.7 Å². The van der Waals surface area contributed by atoms with Gasteiger partial charge in [-0.1, -0.05) is 49.4 Å². The monoisotopic (exact) mass is 369 g/mol. The van der Waals surface area contributed by atoms with Gasteiger partial charge in [-0.25, -0.2) is 9.18 Å². The lowest BCUT2D eigenvalue weighted by Gasteiger charge is -2.25. The van der Waals surface area contributed by atoms with Gasteiger partial charge in [0.05, 0.1) is 0 Å². The smallest absolute Gasteiger partial charge is 0.325 e. The predicted octanol–water partition coefficient (Wildman–Crippen LogP) is 2.30. The van der Waals surface area contributed by atoms with Gasteiger partial charge < -0.3 is 10.6 Å². The molecular weight excluding hydrogens is 349 g/mol. The van der Waals surface area contributed by atoms with Crippen LogP contribution in [0.1, 0.15) is 24.5 Å². The van der Waals surface area contributed by atoms with Crippen molar-refractivity contribution in [2.45, 2.75) is 25.4 Å². The number of imide groups is 1. The van der Waals surface area contributed by atoms with Crippen molar-refractivity contribution in [2.75, 3.05) is 6.54 Å². The van der Waals surface area contributed by atoms with Crippen molar-refractivity contribution >= 4 is 17.8 Å². The van der Waals surface area contributed by atoms with Crippen LogP contribution in [-0.4, -0.2) is 29.3 Å². The van der Waals surface area contributed by atoms with E-state index in [2.05, 4.69) is 10.6 Å². The molecule has 3 rings (SSSR count). The zero-order valence-electron chi connectivity index (χ0n) is 14.9. The minimum Gasteiger partial charge on any atom is -0.350 e. The standard InChI is InChI=1S/C20H20FN3O3/c1-2-20(15-8-10-16(21)11-9-15)18(26)24(19(27)23-20)13-17(25)22-12-14-6-4-3-5-7-14/h3-11H,2,12-13H2,1H3,(H,22,25)(H,23,27)/t20-/m0/s1. The summed E-state index contributed by atoms with van der Waals surface area (Å²) >= 11 is 0.